The van der Waals surface area contributed by atoms with Crippen LogP contribution in [0.2, 0.25) is 0 Å². The first-order valence-electron chi connectivity index (χ1n) is 6.24. The normalized spacial score (nSPS) is 12.9. The molecule has 2 aromatic rings. The van der Waals surface area contributed by atoms with E-state index in [4.69, 9.17) is 4.42 Å². The Hall–Kier alpha value is -1.61. The summed E-state index contributed by atoms with van der Waals surface area (Å²) in [7, 11) is 2.13. The van der Waals surface area contributed by atoms with Gasteiger partial charge < -0.3 is 4.42 Å². The van der Waals surface area contributed by atoms with Gasteiger partial charge in [-0.05, 0) is 51.6 Å². The summed E-state index contributed by atoms with van der Waals surface area (Å²) in [5.41, 5.74) is 2.54. The topological polar surface area (TPSA) is 29.3 Å². The average molecular weight is 244 g/mol. The van der Waals surface area contributed by atoms with Crippen molar-refractivity contribution in [2.45, 2.75) is 33.4 Å². The fourth-order valence-corrected chi connectivity index (χ4v) is 2.14. The van der Waals surface area contributed by atoms with Crippen LogP contribution in [0, 0.1) is 13.8 Å². The van der Waals surface area contributed by atoms with E-state index in [1.807, 2.05) is 26.2 Å². The second kappa shape index (κ2) is 5.36. The lowest BCUT2D eigenvalue weighted by atomic mass is 10.1. The summed E-state index contributed by atoms with van der Waals surface area (Å²) in [6.45, 7) is 7.11. The summed E-state index contributed by atoms with van der Waals surface area (Å²) in [6, 6.07) is 6.61. The van der Waals surface area contributed by atoms with Crippen molar-refractivity contribution in [1.82, 2.24) is 9.88 Å². The standard InChI is InChI=1S/C15H20N2O/c1-11-9-15(13(3)18-11)10-17(4)12(2)14-5-7-16-8-6-14/h5-9,12H,10H2,1-4H3. The highest BCUT2D eigenvalue weighted by Gasteiger charge is 2.14. The SMILES string of the molecule is Cc1cc(CN(C)C(C)c2ccncc2)c(C)o1. The lowest BCUT2D eigenvalue weighted by Crippen LogP contribution is -2.22. The zero-order valence-electron chi connectivity index (χ0n) is 11.5. The fraction of sp³-hybridized carbons (Fsp3) is 0.400. The molecule has 2 rings (SSSR count). The Kier molecular flexibility index (Phi) is 3.82. The molecular weight excluding hydrogens is 224 g/mol. The van der Waals surface area contributed by atoms with Crippen molar-refractivity contribution in [1.29, 1.82) is 0 Å². The maximum absolute atomic E-state index is 5.56. The van der Waals surface area contributed by atoms with E-state index in [9.17, 15) is 0 Å². The summed E-state index contributed by atoms with van der Waals surface area (Å²) in [5, 5.41) is 0. The number of pyridine rings is 1. The van der Waals surface area contributed by atoms with Crippen LogP contribution in [-0.4, -0.2) is 16.9 Å². The van der Waals surface area contributed by atoms with E-state index in [-0.39, 0.29) is 0 Å². The molecule has 0 bridgehead atoms. The maximum Gasteiger partial charge on any atom is 0.105 e. The van der Waals surface area contributed by atoms with Crippen LogP contribution >= 0.6 is 0 Å². The van der Waals surface area contributed by atoms with Crippen LogP contribution in [0.5, 0.6) is 0 Å². The van der Waals surface area contributed by atoms with Crippen LogP contribution in [0.1, 0.15) is 35.6 Å². The maximum atomic E-state index is 5.56. The van der Waals surface area contributed by atoms with Crippen molar-refractivity contribution in [3.63, 3.8) is 0 Å². The summed E-state index contributed by atoms with van der Waals surface area (Å²) in [5.74, 6) is 1.99. The third kappa shape index (κ3) is 2.79. The number of hydrogen-bond acceptors (Lipinski definition) is 3. The van der Waals surface area contributed by atoms with Crippen molar-refractivity contribution in [2.24, 2.45) is 0 Å². The van der Waals surface area contributed by atoms with Crippen LogP contribution in [0.4, 0.5) is 0 Å². The summed E-state index contributed by atoms with van der Waals surface area (Å²) >= 11 is 0. The second-order valence-electron chi connectivity index (χ2n) is 4.81. The molecule has 2 aromatic heterocycles. The van der Waals surface area contributed by atoms with Crippen molar-refractivity contribution in [3.8, 4) is 0 Å². The van der Waals surface area contributed by atoms with Gasteiger partial charge in [0.1, 0.15) is 11.5 Å². The molecule has 1 atom stereocenters. The zero-order valence-corrected chi connectivity index (χ0v) is 11.5. The molecule has 0 aliphatic carbocycles. The smallest absolute Gasteiger partial charge is 0.105 e. The Bertz CT molecular complexity index is 504. The van der Waals surface area contributed by atoms with Gasteiger partial charge >= 0.3 is 0 Å². The lowest BCUT2D eigenvalue weighted by Gasteiger charge is -2.24. The highest BCUT2D eigenvalue weighted by molar-refractivity contribution is 5.21. The first-order chi connectivity index (χ1) is 8.58. The van der Waals surface area contributed by atoms with E-state index >= 15 is 0 Å². The van der Waals surface area contributed by atoms with Gasteiger partial charge in [-0.2, -0.15) is 0 Å². The Morgan fingerprint density at radius 1 is 1.28 bits per heavy atom. The van der Waals surface area contributed by atoms with Crippen molar-refractivity contribution in [3.05, 3.63) is 53.2 Å². The number of nitrogens with zero attached hydrogens (tertiary/aromatic N) is 2. The quantitative estimate of drug-likeness (QED) is 0.824. The molecule has 0 aromatic carbocycles. The summed E-state index contributed by atoms with van der Waals surface area (Å²) in [6.07, 6.45) is 3.68. The van der Waals surface area contributed by atoms with Gasteiger partial charge in [-0.1, -0.05) is 0 Å². The molecular formula is C15H20N2O. The number of furan rings is 1. The number of aryl methyl sites for hydroxylation is 2. The molecule has 18 heavy (non-hydrogen) atoms. The molecule has 0 radical (unpaired) electrons. The van der Waals surface area contributed by atoms with Crippen LogP contribution < -0.4 is 0 Å². The fourth-order valence-electron chi connectivity index (χ4n) is 2.14. The molecule has 0 N–H and O–H groups in total. The minimum Gasteiger partial charge on any atom is -0.466 e. The Morgan fingerprint density at radius 2 is 1.94 bits per heavy atom. The van der Waals surface area contributed by atoms with Gasteiger partial charge in [-0.15, -0.1) is 0 Å². The van der Waals surface area contributed by atoms with E-state index in [0.717, 1.165) is 18.1 Å². The Labute approximate surface area is 108 Å². The molecule has 96 valence electrons. The summed E-state index contributed by atoms with van der Waals surface area (Å²) in [4.78, 5) is 6.37. The van der Waals surface area contributed by atoms with E-state index in [2.05, 4.69) is 42.1 Å². The van der Waals surface area contributed by atoms with Gasteiger partial charge in [0.2, 0.25) is 0 Å². The van der Waals surface area contributed by atoms with Gasteiger partial charge in [-0.3, -0.25) is 9.88 Å². The second-order valence-corrected chi connectivity index (χ2v) is 4.81. The van der Waals surface area contributed by atoms with E-state index in [0.29, 0.717) is 6.04 Å². The molecule has 0 saturated heterocycles. The van der Waals surface area contributed by atoms with Gasteiger partial charge in [-0.25, -0.2) is 0 Å². The van der Waals surface area contributed by atoms with E-state index in [1.165, 1.54) is 11.1 Å². The Balaban J connectivity index is 2.08. The third-order valence-corrected chi connectivity index (χ3v) is 3.41. The van der Waals surface area contributed by atoms with Gasteiger partial charge in [0.15, 0.2) is 0 Å². The lowest BCUT2D eigenvalue weighted by molar-refractivity contribution is 0.251. The highest BCUT2D eigenvalue weighted by atomic mass is 16.3. The van der Waals surface area contributed by atoms with Crippen LogP contribution in [0.3, 0.4) is 0 Å². The molecule has 0 saturated carbocycles. The molecule has 0 aliphatic rings. The monoisotopic (exact) mass is 244 g/mol. The first kappa shape index (κ1) is 12.8. The van der Waals surface area contributed by atoms with Crippen molar-refractivity contribution < 1.29 is 4.42 Å². The largest absolute Gasteiger partial charge is 0.466 e. The van der Waals surface area contributed by atoms with Crippen molar-refractivity contribution >= 4 is 0 Å². The first-order valence-corrected chi connectivity index (χ1v) is 6.24. The molecule has 2 heterocycles. The van der Waals surface area contributed by atoms with E-state index < -0.39 is 0 Å². The van der Waals surface area contributed by atoms with Crippen molar-refractivity contribution in [2.75, 3.05) is 7.05 Å². The molecule has 0 fully saturated rings. The Morgan fingerprint density at radius 3 is 2.50 bits per heavy atom. The summed E-state index contributed by atoms with van der Waals surface area (Å²) < 4.78 is 5.56. The molecule has 0 aliphatic heterocycles. The average Bonchev–Trinajstić information content (AvgIpc) is 2.68. The van der Waals surface area contributed by atoms with Crippen LogP contribution in [0.15, 0.2) is 35.0 Å². The molecule has 0 amide bonds. The molecule has 3 nitrogen and oxygen atoms in total. The number of rotatable bonds is 4. The van der Waals surface area contributed by atoms with Gasteiger partial charge in [0.25, 0.3) is 0 Å². The predicted octanol–water partition coefficient (Wildman–Crippen LogP) is 3.48. The minimum absolute atomic E-state index is 0.364. The highest BCUT2D eigenvalue weighted by Crippen LogP contribution is 2.22. The minimum atomic E-state index is 0.364. The van der Waals surface area contributed by atoms with Crippen LogP contribution in [-0.2, 0) is 6.54 Å². The molecule has 1 unspecified atom stereocenters. The molecule has 0 spiro atoms. The number of aromatic nitrogens is 1. The predicted molar refractivity (Wildman–Crippen MR) is 72.3 cm³/mol. The van der Waals surface area contributed by atoms with E-state index in [1.54, 1.807) is 0 Å². The third-order valence-electron chi connectivity index (χ3n) is 3.41. The van der Waals surface area contributed by atoms with Gasteiger partial charge in [0.05, 0.1) is 0 Å². The zero-order chi connectivity index (χ0) is 13.1. The molecule has 3 heteroatoms. The van der Waals surface area contributed by atoms with Gasteiger partial charge in [0, 0.05) is 30.5 Å². The number of hydrogen-bond donors (Lipinski definition) is 0. The van der Waals surface area contributed by atoms with Crippen LogP contribution in [0.25, 0.3) is 0 Å².